The first-order chi connectivity index (χ1) is 12.8. The third kappa shape index (κ3) is 9.03. The number of aliphatic hydroxyl groups is 4. The fraction of sp³-hybridized carbons (Fsp3) is 1.00. The van der Waals surface area contributed by atoms with Gasteiger partial charge >= 0.3 is 0 Å². The van der Waals surface area contributed by atoms with E-state index in [4.69, 9.17) is 44.1 Å². The van der Waals surface area contributed by atoms with E-state index in [1.807, 2.05) is 0 Å². The summed E-state index contributed by atoms with van der Waals surface area (Å²) in [5, 5.41) is 35.8. The molecule has 156 valence electrons. The molecule has 1 aliphatic heterocycles. The van der Waals surface area contributed by atoms with Crippen molar-refractivity contribution in [3.05, 3.63) is 0 Å². The molecule has 1 aliphatic rings. The Morgan fingerprint density at radius 2 is 1.08 bits per heavy atom. The lowest BCUT2D eigenvalue weighted by Crippen LogP contribution is -2.57. The molecule has 4 N–H and O–H groups in total. The highest BCUT2D eigenvalue weighted by molar-refractivity contribution is 4.87. The van der Waals surface area contributed by atoms with Crippen molar-refractivity contribution in [3.8, 4) is 0 Å². The van der Waals surface area contributed by atoms with Crippen LogP contribution in [0.4, 0.5) is 0 Å². The predicted octanol–water partition coefficient (Wildman–Crippen LogP) is -0.955. The summed E-state index contributed by atoms with van der Waals surface area (Å²) in [7, 11) is 0. The van der Waals surface area contributed by atoms with Crippen molar-refractivity contribution in [3.63, 3.8) is 0 Å². The maximum absolute atomic E-state index is 9.00. The van der Waals surface area contributed by atoms with Gasteiger partial charge in [-0.15, -0.1) is 0 Å². The Labute approximate surface area is 154 Å². The summed E-state index contributed by atoms with van der Waals surface area (Å²) in [5.41, 5.74) is 0. The smallest absolute Gasteiger partial charge is 0.186 e. The third-order valence-electron chi connectivity index (χ3n) is 3.83. The molecule has 0 bridgehead atoms. The molecule has 0 aliphatic carbocycles. The lowest BCUT2D eigenvalue weighted by molar-refractivity contribution is -0.295. The van der Waals surface area contributed by atoms with Crippen molar-refractivity contribution in [2.75, 3.05) is 59.5 Å². The Morgan fingerprint density at radius 3 is 1.62 bits per heavy atom. The largest absolute Gasteiger partial charge is 0.396 e. The van der Waals surface area contributed by atoms with Gasteiger partial charge in [0, 0.05) is 46.2 Å². The van der Waals surface area contributed by atoms with Crippen LogP contribution in [0.15, 0.2) is 0 Å². The fourth-order valence-corrected chi connectivity index (χ4v) is 2.54. The molecule has 1 saturated heterocycles. The zero-order valence-corrected chi connectivity index (χ0v) is 15.3. The molecule has 1 fully saturated rings. The molecule has 1 heterocycles. The molecule has 0 amide bonds. The first kappa shape index (κ1) is 23.7. The van der Waals surface area contributed by atoms with E-state index in [-0.39, 0.29) is 33.0 Å². The summed E-state index contributed by atoms with van der Waals surface area (Å²) in [6, 6.07) is 0. The molecule has 26 heavy (non-hydrogen) atoms. The lowest BCUT2D eigenvalue weighted by Gasteiger charge is -2.41. The van der Waals surface area contributed by atoms with E-state index in [0.717, 1.165) is 0 Å². The molecule has 9 nitrogen and oxygen atoms in total. The Bertz CT molecular complexity index is 289. The Morgan fingerprint density at radius 1 is 0.615 bits per heavy atom. The van der Waals surface area contributed by atoms with Crippen molar-refractivity contribution < 1.29 is 44.1 Å². The molecular weight excluding hydrogens is 348 g/mol. The van der Waals surface area contributed by atoms with E-state index in [1.165, 1.54) is 0 Å². The maximum Gasteiger partial charge on any atom is 0.186 e. The Hall–Kier alpha value is -0.360. The van der Waals surface area contributed by atoms with E-state index >= 15 is 0 Å². The summed E-state index contributed by atoms with van der Waals surface area (Å²) in [5.74, 6) is 0. The van der Waals surface area contributed by atoms with Gasteiger partial charge in [0.2, 0.25) is 0 Å². The quantitative estimate of drug-likeness (QED) is 0.250. The first-order valence-corrected chi connectivity index (χ1v) is 9.30. The summed E-state index contributed by atoms with van der Waals surface area (Å²) < 4.78 is 29.0. The minimum Gasteiger partial charge on any atom is -0.396 e. The van der Waals surface area contributed by atoms with Gasteiger partial charge in [-0.1, -0.05) is 0 Å². The number of aliphatic hydroxyl groups excluding tert-OH is 4. The Kier molecular flexibility index (Phi) is 14.3. The SMILES string of the molecule is OCCCOC1COC(OCCCO)C(OCCCO)C1OCCCO. The van der Waals surface area contributed by atoms with E-state index in [0.29, 0.717) is 52.1 Å². The van der Waals surface area contributed by atoms with Crippen molar-refractivity contribution in [1.82, 2.24) is 0 Å². The van der Waals surface area contributed by atoms with Crippen LogP contribution in [-0.4, -0.2) is 104 Å². The highest BCUT2D eigenvalue weighted by Gasteiger charge is 2.43. The Balaban J connectivity index is 2.74. The van der Waals surface area contributed by atoms with Crippen molar-refractivity contribution in [1.29, 1.82) is 0 Å². The number of rotatable bonds is 16. The molecule has 0 radical (unpaired) electrons. The monoisotopic (exact) mass is 382 g/mol. The number of hydrogen-bond acceptors (Lipinski definition) is 9. The van der Waals surface area contributed by atoms with Crippen LogP contribution in [-0.2, 0) is 23.7 Å². The van der Waals surface area contributed by atoms with Crippen LogP contribution < -0.4 is 0 Å². The average molecular weight is 382 g/mol. The van der Waals surface area contributed by atoms with E-state index in [1.54, 1.807) is 0 Å². The van der Waals surface area contributed by atoms with Gasteiger partial charge in [0.15, 0.2) is 6.29 Å². The zero-order valence-electron chi connectivity index (χ0n) is 15.3. The second-order valence-corrected chi connectivity index (χ2v) is 5.96. The van der Waals surface area contributed by atoms with Crippen LogP contribution in [0.5, 0.6) is 0 Å². The van der Waals surface area contributed by atoms with Crippen molar-refractivity contribution in [2.45, 2.75) is 50.3 Å². The van der Waals surface area contributed by atoms with Crippen LogP contribution >= 0.6 is 0 Å². The molecule has 1 rings (SSSR count). The number of hydrogen-bond donors (Lipinski definition) is 4. The lowest BCUT2D eigenvalue weighted by atomic mass is 10.0. The molecule has 0 saturated carbocycles. The second kappa shape index (κ2) is 15.7. The standard InChI is InChI=1S/C17H34O9/c18-5-1-9-22-14-13-26-17(25-12-4-8-21)16(24-11-3-7-20)15(14)23-10-2-6-19/h14-21H,1-13H2. The maximum atomic E-state index is 9.00. The normalized spacial score (nSPS) is 26.3. The van der Waals surface area contributed by atoms with Crippen LogP contribution in [0.3, 0.4) is 0 Å². The molecule has 0 aromatic carbocycles. The van der Waals surface area contributed by atoms with Gasteiger partial charge in [-0.25, -0.2) is 0 Å². The van der Waals surface area contributed by atoms with Gasteiger partial charge in [-0.2, -0.15) is 0 Å². The van der Waals surface area contributed by atoms with E-state index < -0.39 is 24.6 Å². The molecule has 0 aromatic heterocycles. The molecule has 9 heteroatoms. The average Bonchev–Trinajstić information content (AvgIpc) is 2.65. The summed E-state index contributed by atoms with van der Waals surface area (Å²) in [4.78, 5) is 0. The first-order valence-electron chi connectivity index (χ1n) is 9.30. The topological polar surface area (TPSA) is 127 Å². The van der Waals surface area contributed by atoms with Crippen LogP contribution in [0, 0.1) is 0 Å². The summed E-state index contributed by atoms with van der Waals surface area (Å²) in [6.07, 6.45) is -0.144. The third-order valence-corrected chi connectivity index (χ3v) is 3.83. The molecule has 0 aromatic rings. The zero-order chi connectivity index (χ0) is 19.0. The fourth-order valence-electron chi connectivity index (χ4n) is 2.54. The van der Waals surface area contributed by atoms with Gasteiger partial charge in [0.05, 0.1) is 13.2 Å². The van der Waals surface area contributed by atoms with Gasteiger partial charge in [-0.3, -0.25) is 0 Å². The van der Waals surface area contributed by atoms with Gasteiger partial charge in [0.1, 0.15) is 18.3 Å². The minimum absolute atomic E-state index is 0.01000. The number of ether oxygens (including phenoxy) is 5. The van der Waals surface area contributed by atoms with Crippen LogP contribution in [0.2, 0.25) is 0 Å². The highest BCUT2D eigenvalue weighted by atomic mass is 16.7. The summed E-state index contributed by atoms with van der Waals surface area (Å²) in [6.45, 7) is 1.67. The molecular formula is C17H34O9. The van der Waals surface area contributed by atoms with Crippen LogP contribution in [0.1, 0.15) is 25.7 Å². The molecule has 4 unspecified atom stereocenters. The van der Waals surface area contributed by atoms with E-state index in [2.05, 4.69) is 0 Å². The molecule has 4 atom stereocenters. The van der Waals surface area contributed by atoms with Gasteiger partial charge < -0.3 is 44.1 Å². The molecule has 0 spiro atoms. The predicted molar refractivity (Wildman–Crippen MR) is 91.7 cm³/mol. The van der Waals surface area contributed by atoms with Crippen molar-refractivity contribution in [2.24, 2.45) is 0 Å². The van der Waals surface area contributed by atoms with Gasteiger partial charge in [0.25, 0.3) is 0 Å². The minimum atomic E-state index is -0.669. The summed E-state index contributed by atoms with van der Waals surface area (Å²) >= 11 is 0. The highest BCUT2D eigenvalue weighted by Crippen LogP contribution is 2.25. The van der Waals surface area contributed by atoms with Crippen molar-refractivity contribution >= 4 is 0 Å². The van der Waals surface area contributed by atoms with Crippen LogP contribution in [0.25, 0.3) is 0 Å². The van der Waals surface area contributed by atoms with E-state index in [9.17, 15) is 0 Å². The second-order valence-electron chi connectivity index (χ2n) is 5.96. The van der Waals surface area contributed by atoms with Gasteiger partial charge in [-0.05, 0) is 25.7 Å².